The van der Waals surface area contributed by atoms with Gasteiger partial charge in [-0.05, 0) is 38.8 Å². The van der Waals surface area contributed by atoms with Gasteiger partial charge in [-0.3, -0.25) is 4.90 Å². The maximum absolute atomic E-state index is 3.50. The molecule has 2 aliphatic heterocycles. The summed E-state index contributed by atoms with van der Waals surface area (Å²) in [5, 5.41) is 6.94. The number of nitrogens with zero attached hydrogens (tertiary/aromatic N) is 1. The van der Waals surface area contributed by atoms with Crippen LogP contribution < -0.4 is 10.6 Å². The third kappa shape index (κ3) is 2.69. The Morgan fingerprint density at radius 1 is 1.21 bits per heavy atom. The van der Waals surface area contributed by atoms with Gasteiger partial charge in [0.1, 0.15) is 0 Å². The Hall–Kier alpha value is -0.120. The Morgan fingerprint density at radius 3 is 2.79 bits per heavy atom. The summed E-state index contributed by atoms with van der Waals surface area (Å²) < 4.78 is 0. The Bertz CT molecular complexity index is 166. The molecule has 2 aliphatic rings. The van der Waals surface area contributed by atoms with Crippen molar-refractivity contribution in [1.29, 1.82) is 0 Å². The predicted octanol–water partition coefficient (Wildman–Crippen LogP) is 0.280. The number of piperidine rings is 1. The van der Waals surface area contributed by atoms with Crippen LogP contribution in [0.5, 0.6) is 0 Å². The second-order valence-electron chi connectivity index (χ2n) is 4.76. The highest BCUT2D eigenvalue weighted by Gasteiger charge is 2.22. The molecule has 0 radical (unpaired) electrons. The Kier molecular flexibility index (Phi) is 3.79. The molecule has 2 N–H and O–H groups in total. The van der Waals surface area contributed by atoms with E-state index in [0.717, 1.165) is 12.0 Å². The van der Waals surface area contributed by atoms with Gasteiger partial charge in [-0.25, -0.2) is 0 Å². The lowest BCUT2D eigenvalue weighted by molar-refractivity contribution is 0.137. The second kappa shape index (κ2) is 5.10. The van der Waals surface area contributed by atoms with E-state index in [1.807, 2.05) is 0 Å². The summed E-state index contributed by atoms with van der Waals surface area (Å²) in [6, 6.07) is 0.727. The molecular formula is C11H23N3. The normalized spacial score (nSPS) is 35.8. The first-order valence-corrected chi connectivity index (χ1v) is 6.02. The summed E-state index contributed by atoms with van der Waals surface area (Å²) in [7, 11) is 0. The molecule has 2 atom stereocenters. The van der Waals surface area contributed by atoms with Crippen LogP contribution >= 0.6 is 0 Å². The lowest BCUT2D eigenvalue weighted by Crippen LogP contribution is -2.52. The van der Waals surface area contributed by atoms with Crippen molar-refractivity contribution >= 4 is 0 Å². The summed E-state index contributed by atoms with van der Waals surface area (Å²) >= 11 is 0. The summed E-state index contributed by atoms with van der Waals surface area (Å²) in [6.07, 6.45) is 2.79. The highest BCUT2D eigenvalue weighted by molar-refractivity contribution is 4.80. The minimum atomic E-state index is 0.727. The van der Waals surface area contributed by atoms with Crippen LogP contribution in [0.2, 0.25) is 0 Å². The third-order valence-electron chi connectivity index (χ3n) is 3.53. The molecule has 3 nitrogen and oxygen atoms in total. The second-order valence-corrected chi connectivity index (χ2v) is 4.76. The van der Waals surface area contributed by atoms with Crippen LogP contribution in [-0.4, -0.2) is 50.2 Å². The van der Waals surface area contributed by atoms with Crippen molar-refractivity contribution in [2.24, 2.45) is 5.92 Å². The van der Waals surface area contributed by atoms with Gasteiger partial charge in [0.25, 0.3) is 0 Å². The van der Waals surface area contributed by atoms with Gasteiger partial charge in [-0.15, -0.1) is 0 Å². The third-order valence-corrected chi connectivity index (χ3v) is 3.53. The van der Waals surface area contributed by atoms with E-state index >= 15 is 0 Å². The topological polar surface area (TPSA) is 27.3 Å². The molecule has 2 saturated heterocycles. The van der Waals surface area contributed by atoms with Gasteiger partial charge in [-0.2, -0.15) is 0 Å². The van der Waals surface area contributed by atoms with Crippen LogP contribution in [0, 0.1) is 5.92 Å². The fourth-order valence-corrected chi connectivity index (χ4v) is 2.57. The average Bonchev–Trinajstić information content (AvgIpc) is 2.23. The summed E-state index contributed by atoms with van der Waals surface area (Å²) in [6.45, 7) is 9.67. The van der Waals surface area contributed by atoms with E-state index in [1.165, 1.54) is 52.1 Å². The quantitative estimate of drug-likeness (QED) is 0.666. The fraction of sp³-hybridized carbons (Fsp3) is 1.00. The van der Waals surface area contributed by atoms with Gasteiger partial charge in [-0.1, -0.05) is 0 Å². The van der Waals surface area contributed by atoms with Crippen molar-refractivity contribution in [2.75, 3.05) is 39.3 Å². The van der Waals surface area contributed by atoms with Crippen molar-refractivity contribution in [1.82, 2.24) is 15.5 Å². The fourth-order valence-electron chi connectivity index (χ4n) is 2.57. The zero-order valence-electron chi connectivity index (χ0n) is 9.26. The van der Waals surface area contributed by atoms with Crippen LogP contribution in [0.4, 0.5) is 0 Å². The molecule has 0 spiro atoms. The van der Waals surface area contributed by atoms with Crippen LogP contribution in [0.15, 0.2) is 0 Å². The van der Waals surface area contributed by atoms with Crippen LogP contribution in [0.1, 0.15) is 19.8 Å². The van der Waals surface area contributed by atoms with E-state index in [2.05, 4.69) is 22.5 Å². The lowest BCUT2D eigenvalue weighted by Gasteiger charge is -2.37. The minimum Gasteiger partial charge on any atom is -0.316 e. The summed E-state index contributed by atoms with van der Waals surface area (Å²) in [4.78, 5) is 2.65. The molecule has 14 heavy (non-hydrogen) atoms. The molecule has 3 heteroatoms. The van der Waals surface area contributed by atoms with Gasteiger partial charge in [0.15, 0.2) is 0 Å². The van der Waals surface area contributed by atoms with Crippen LogP contribution in [0.3, 0.4) is 0 Å². The predicted molar refractivity (Wildman–Crippen MR) is 59.5 cm³/mol. The molecule has 0 aromatic rings. The zero-order valence-corrected chi connectivity index (χ0v) is 9.26. The molecule has 2 unspecified atom stereocenters. The average molecular weight is 197 g/mol. The molecule has 0 saturated carbocycles. The molecule has 2 heterocycles. The molecule has 2 fully saturated rings. The van der Waals surface area contributed by atoms with Crippen LogP contribution in [0.25, 0.3) is 0 Å². The molecule has 0 aromatic carbocycles. The van der Waals surface area contributed by atoms with Crippen molar-refractivity contribution in [2.45, 2.75) is 25.8 Å². The van der Waals surface area contributed by atoms with E-state index in [4.69, 9.17) is 0 Å². The number of rotatable bonds is 2. The minimum absolute atomic E-state index is 0.727. The molecule has 2 rings (SSSR count). The van der Waals surface area contributed by atoms with Gasteiger partial charge < -0.3 is 10.6 Å². The van der Waals surface area contributed by atoms with Crippen molar-refractivity contribution in [3.05, 3.63) is 0 Å². The molecule has 82 valence electrons. The van der Waals surface area contributed by atoms with E-state index < -0.39 is 0 Å². The standard InChI is InChI=1S/C11H23N3/c1-10-7-13-5-6-14(10)9-11-3-2-4-12-8-11/h10-13H,2-9H2,1H3. The Balaban J connectivity index is 1.76. The number of nitrogens with one attached hydrogen (secondary N) is 2. The Labute approximate surface area is 87.2 Å². The number of hydrogen-bond donors (Lipinski definition) is 2. The van der Waals surface area contributed by atoms with Crippen molar-refractivity contribution in [3.8, 4) is 0 Å². The smallest absolute Gasteiger partial charge is 0.0193 e. The maximum atomic E-state index is 3.50. The van der Waals surface area contributed by atoms with Gasteiger partial charge in [0.05, 0.1) is 0 Å². The summed E-state index contributed by atoms with van der Waals surface area (Å²) in [5.74, 6) is 0.893. The number of hydrogen-bond acceptors (Lipinski definition) is 3. The first-order chi connectivity index (χ1) is 6.86. The highest BCUT2D eigenvalue weighted by Crippen LogP contribution is 2.14. The van der Waals surface area contributed by atoms with E-state index in [-0.39, 0.29) is 0 Å². The van der Waals surface area contributed by atoms with E-state index in [1.54, 1.807) is 0 Å². The molecule has 0 amide bonds. The SMILES string of the molecule is CC1CNCCN1CC1CCCNC1. The molecular weight excluding hydrogens is 174 g/mol. The van der Waals surface area contributed by atoms with Crippen LogP contribution in [-0.2, 0) is 0 Å². The zero-order chi connectivity index (χ0) is 9.80. The first kappa shape index (κ1) is 10.4. The first-order valence-electron chi connectivity index (χ1n) is 6.02. The molecule has 0 aromatic heterocycles. The van der Waals surface area contributed by atoms with Gasteiger partial charge in [0.2, 0.25) is 0 Å². The largest absolute Gasteiger partial charge is 0.316 e. The summed E-state index contributed by atoms with van der Waals surface area (Å²) in [5.41, 5.74) is 0. The van der Waals surface area contributed by atoms with Crippen molar-refractivity contribution in [3.63, 3.8) is 0 Å². The number of piperazine rings is 1. The van der Waals surface area contributed by atoms with E-state index in [9.17, 15) is 0 Å². The van der Waals surface area contributed by atoms with Crippen molar-refractivity contribution < 1.29 is 0 Å². The van der Waals surface area contributed by atoms with Gasteiger partial charge in [0, 0.05) is 32.2 Å². The monoisotopic (exact) mass is 197 g/mol. The van der Waals surface area contributed by atoms with Gasteiger partial charge >= 0.3 is 0 Å². The molecule has 0 bridgehead atoms. The van der Waals surface area contributed by atoms with E-state index in [0.29, 0.717) is 0 Å². The Morgan fingerprint density at radius 2 is 2.07 bits per heavy atom. The lowest BCUT2D eigenvalue weighted by atomic mass is 9.98. The molecule has 0 aliphatic carbocycles. The highest BCUT2D eigenvalue weighted by atomic mass is 15.2. The maximum Gasteiger partial charge on any atom is 0.0193 e.